The van der Waals surface area contributed by atoms with Crippen molar-refractivity contribution in [3.8, 4) is 5.75 Å². The number of aryl methyl sites for hydroxylation is 1. The Labute approximate surface area is 156 Å². The van der Waals surface area contributed by atoms with Crippen molar-refractivity contribution in [1.29, 1.82) is 0 Å². The third-order valence-corrected chi connectivity index (χ3v) is 3.96. The average Bonchev–Trinajstić information content (AvgIpc) is 2.66. The second kappa shape index (κ2) is 7.61. The molecule has 27 heavy (non-hydrogen) atoms. The van der Waals surface area contributed by atoms with Crippen LogP contribution in [0.5, 0.6) is 5.75 Å². The Hall–Kier alpha value is -3.80. The van der Waals surface area contributed by atoms with Crippen molar-refractivity contribution in [3.63, 3.8) is 0 Å². The molecule has 0 fully saturated rings. The summed E-state index contributed by atoms with van der Waals surface area (Å²) in [6, 6.07) is 20.2. The maximum Gasteiger partial charge on any atom is 0.321 e. The minimum Gasteiger partial charge on any atom is -0.506 e. The Morgan fingerprint density at radius 3 is 2.19 bits per heavy atom. The van der Waals surface area contributed by atoms with Gasteiger partial charge in [0.05, 0.1) is 5.69 Å². The van der Waals surface area contributed by atoms with Gasteiger partial charge < -0.3 is 16.2 Å². The van der Waals surface area contributed by atoms with Crippen LogP contribution in [0, 0.1) is 6.92 Å². The summed E-state index contributed by atoms with van der Waals surface area (Å²) >= 11 is 0. The molecule has 0 radical (unpaired) electrons. The van der Waals surface area contributed by atoms with Gasteiger partial charge in [-0.3, -0.25) is 14.5 Å². The van der Waals surface area contributed by atoms with Gasteiger partial charge in [0.2, 0.25) is 0 Å². The lowest BCUT2D eigenvalue weighted by Gasteiger charge is -2.22. The maximum absolute atomic E-state index is 12.9. The number of benzene rings is 3. The normalized spacial score (nSPS) is 10.3. The van der Waals surface area contributed by atoms with Gasteiger partial charge in [-0.15, -0.1) is 0 Å². The van der Waals surface area contributed by atoms with Crippen molar-refractivity contribution < 1.29 is 14.7 Å². The molecule has 0 saturated carbocycles. The highest BCUT2D eigenvalue weighted by atomic mass is 16.3. The van der Waals surface area contributed by atoms with E-state index in [1.807, 2.05) is 13.0 Å². The molecular weight excluding hydrogens is 342 g/mol. The summed E-state index contributed by atoms with van der Waals surface area (Å²) in [5.74, 6) is -1.75. The molecule has 2 amide bonds. The first kappa shape index (κ1) is 18.0. The van der Waals surface area contributed by atoms with Crippen LogP contribution in [-0.4, -0.2) is 16.9 Å². The lowest BCUT2D eigenvalue weighted by Crippen LogP contribution is -2.36. The van der Waals surface area contributed by atoms with Crippen LogP contribution in [-0.2, 0) is 9.59 Å². The van der Waals surface area contributed by atoms with Gasteiger partial charge in [-0.25, -0.2) is 0 Å². The highest BCUT2D eigenvalue weighted by molar-refractivity contribution is 6.45. The predicted octanol–water partition coefficient (Wildman–Crippen LogP) is 3.59. The van der Waals surface area contributed by atoms with Gasteiger partial charge in [0.15, 0.2) is 0 Å². The number of phenolic OH excluding ortho intramolecular Hbond substituents is 1. The van der Waals surface area contributed by atoms with Crippen molar-refractivity contribution in [2.75, 3.05) is 16.0 Å². The first-order valence-corrected chi connectivity index (χ1v) is 8.31. The molecule has 0 heterocycles. The Balaban J connectivity index is 1.92. The molecule has 6 heteroatoms. The number of nitrogens with one attached hydrogen (secondary N) is 1. The van der Waals surface area contributed by atoms with Crippen LogP contribution in [0.3, 0.4) is 0 Å². The quantitative estimate of drug-likeness (QED) is 0.377. The minimum atomic E-state index is -0.866. The number of carbonyl (C=O) groups is 2. The summed E-state index contributed by atoms with van der Waals surface area (Å²) in [4.78, 5) is 26.8. The number of para-hydroxylation sites is 1. The molecular formula is C21H19N3O3. The van der Waals surface area contributed by atoms with E-state index in [-0.39, 0.29) is 11.4 Å². The second-order valence-electron chi connectivity index (χ2n) is 6.04. The molecule has 0 atom stereocenters. The van der Waals surface area contributed by atoms with Gasteiger partial charge >= 0.3 is 11.8 Å². The topological polar surface area (TPSA) is 95.7 Å². The summed E-state index contributed by atoms with van der Waals surface area (Å²) in [6.45, 7) is 1.81. The molecule has 0 bridgehead atoms. The van der Waals surface area contributed by atoms with Crippen LogP contribution in [0.4, 0.5) is 22.7 Å². The van der Waals surface area contributed by atoms with Crippen LogP contribution in [0.2, 0.25) is 0 Å². The minimum absolute atomic E-state index is 0.102. The van der Waals surface area contributed by atoms with Crippen LogP contribution < -0.4 is 16.0 Å². The number of nitrogen functional groups attached to an aromatic ring is 1. The van der Waals surface area contributed by atoms with Crippen molar-refractivity contribution in [2.45, 2.75) is 6.92 Å². The molecule has 0 unspecified atom stereocenters. The van der Waals surface area contributed by atoms with E-state index in [0.717, 1.165) is 5.56 Å². The largest absolute Gasteiger partial charge is 0.506 e. The van der Waals surface area contributed by atoms with E-state index in [4.69, 9.17) is 5.73 Å². The fourth-order valence-corrected chi connectivity index (χ4v) is 2.61. The fraction of sp³-hybridized carbons (Fsp3) is 0.0476. The van der Waals surface area contributed by atoms with Crippen molar-refractivity contribution in [3.05, 3.63) is 78.4 Å². The fourth-order valence-electron chi connectivity index (χ4n) is 2.61. The first-order chi connectivity index (χ1) is 13.0. The third-order valence-electron chi connectivity index (χ3n) is 3.96. The Morgan fingerprint density at radius 1 is 0.926 bits per heavy atom. The Morgan fingerprint density at radius 2 is 1.56 bits per heavy atom. The lowest BCUT2D eigenvalue weighted by molar-refractivity contribution is -0.134. The zero-order valence-corrected chi connectivity index (χ0v) is 14.7. The molecule has 0 spiro atoms. The number of phenols is 1. The predicted molar refractivity (Wildman–Crippen MR) is 106 cm³/mol. The van der Waals surface area contributed by atoms with E-state index in [1.165, 1.54) is 11.0 Å². The highest BCUT2D eigenvalue weighted by Gasteiger charge is 2.25. The molecule has 4 N–H and O–H groups in total. The SMILES string of the molecule is Cc1ccc(NC(=O)C(=O)N(c2ccccc2)c2ccc(N)cc2)c(O)c1. The third kappa shape index (κ3) is 4.07. The van der Waals surface area contributed by atoms with Gasteiger partial charge in [-0.2, -0.15) is 0 Å². The molecule has 3 aromatic rings. The van der Waals surface area contributed by atoms with E-state index in [0.29, 0.717) is 17.1 Å². The number of hydrogen-bond acceptors (Lipinski definition) is 4. The first-order valence-electron chi connectivity index (χ1n) is 8.31. The van der Waals surface area contributed by atoms with Crippen LogP contribution in [0.1, 0.15) is 5.56 Å². The molecule has 3 aromatic carbocycles. The molecule has 3 rings (SSSR count). The van der Waals surface area contributed by atoms with E-state index in [2.05, 4.69) is 5.32 Å². The highest BCUT2D eigenvalue weighted by Crippen LogP contribution is 2.28. The summed E-state index contributed by atoms with van der Waals surface area (Å²) in [6.07, 6.45) is 0. The Bertz CT molecular complexity index is 970. The van der Waals surface area contributed by atoms with Crippen molar-refractivity contribution >= 4 is 34.6 Å². The smallest absolute Gasteiger partial charge is 0.321 e. The van der Waals surface area contributed by atoms with Crippen LogP contribution in [0.25, 0.3) is 0 Å². The van der Waals surface area contributed by atoms with Crippen LogP contribution in [0.15, 0.2) is 72.8 Å². The number of rotatable bonds is 3. The number of nitrogens with two attached hydrogens (primary N) is 1. The molecule has 136 valence electrons. The molecule has 6 nitrogen and oxygen atoms in total. The van der Waals surface area contributed by atoms with E-state index in [9.17, 15) is 14.7 Å². The molecule has 0 aliphatic carbocycles. The molecule has 0 aliphatic heterocycles. The number of nitrogens with zero attached hydrogens (tertiary/aromatic N) is 1. The number of aromatic hydroxyl groups is 1. The zero-order valence-electron chi connectivity index (χ0n) is 14.7. The monoisotopic (exact) mass is 361 g/mol. The van der Waals surface area contributed by atoms with E-state index in [1.54, 1.807) is 60.7 Å². The number of carbonyl (C=O) groups excluding carboxylic acids is 2. The molecule has 0 aliphatic rings. The lowest BCUT2D eigenvalue weighted by atomic mass is 10.2. The number of hydrogen-bond donors (Lipinski definition) is 3. The van der Waals surface area contributed by atoms with Crippen LogP contribution >= 0.6 is 0 Å². The summed E-state index contributed by atoms with van der Waals surface area (Å²) in [5, 5.41) is 12.4. The van der Waals surface area contributed by atoms with Crippen molar-refractivity contribution in [2.24, 2.45) is 0 Å². The summed E-state index contributed by atoms with van der Waals surface area (Å²) < 4.78 is 0. The zero-order chi connectivity index (χ0) is 19.4. The molecule has 0 saturated heterocycles. The van der Waals surface area contributed by atoms with E-state index < -0.39 is 11.8 Å². The van der Waals surface area contributed by atoms with E-state index >= 15 is 0 Å². The van der Waals surface area contributed by atoms with Gasteiger partial charge in [0, 0.05) is 17.1 Å². The second-order valence-corrected chi connectivity index (χ2v) is 6.04. The van der Waals surface area contributed by atoms with Gasteiger partial charge in [-0.1, -0.05) is 24.3 Å². The average molecular weight is 361 g/mol. The Kier molecular flexibility index (Phi) is 5.08. The van der Waals surface area contributed by atoms with Gasteiger partial charge in [0.25, 0.3) is 0 Å². The summed E-state index contributed by atoms with van der Waals surface area (Å²) in [7, 11) is 0. The number of anilines is 4. The molecule has 0 aromatic heterocycles. The maximum atomic E-state index is 12.9. The van der Waals surface area contributed by atoms with Gasteiger partial charge in [0.1, 0.15) is 5.75 Å². The standard InChI is InChI=1S/C21H19N3O3/c1-14-7-12-18(19(25)13-14)23-20(26)21(27)24(16-5-3-2-4-6-16)17-10-8-15(22)9-11-17/h2-13,25H,22H2,1H3,(H,23,26). The van der Waals surface area contributed by atoms with Gasteiger partial charge in [-0.05, 0) is 61.0 Å². The number of amides is 2. The summed E-state index contributed by atoms with van der Waals surface area (Å²) in [5.41, 5.74) is 8.32. The van der Waals surface area contributed by atoms with Crippen molar-refractivity contribution in [1.82, 2.24) is 0 Å².